The quantitative estimate of drug-likeness (QED) is 0.878. The number of halogens is 1. The molecule has 0 aliphatic carbocycles. The molecule has 0 bridgehead atoms. The monoisotopic (exact) mass is 272 g/mol. The van der Waals surface area contributed by atoms with Crippen molar-refractivity contribution in [3.63, 3.8) is 0 Å². The van der Waals surface area contributed by atoms with Crippen LogP contribution in [0, 0.1) is 5.82 Å². The fourth-order valence-corrected chi connectivity index (χ4v) is 1.87. The van der Waals surface area contributed by atoms with E-state index in [0.29, 0.717) is 5.69 Å². The Morgan fingerprint density at radius 2 is 1.75 bits per heavy atom. The van der Waals surface area contributed by atoms with Crippen molar-refractivity contribution in [2.75, 3.05) is 11.9 Å². The van der Waals surface area contributed by atoms with E-state index < -0.39 is 0 Å². The Hall–Kier alpha value is -2.36. The van der Waals surface area contributed by atoms with Crippen LogP contribution in [0.3, 0.4) is 0 Å². The zero-order valence-electron chi connectivity index (χ0n) is 11.3. The fourth-order valence-electron chi connectivity index (χ4n) is 1.87. The molecule has 0 heterocycles. The standard InChI is InChI=1S/C16H17FN2O/c1-12(13-5-3-2-4-6-13)19-16(20)11-18-15-9-7-14(17)8-10-15/h2-10,12,18H,11H2,1H3,(H,19,20)/t12-/m1/s1. The second-order valence-corrected chi connectivity index (χ2v) is 4.56. The third-order valence-corrected chi connectivity index (χ3v) is 2.97. The summed E-state index contributed by atoms with van der Waals surface area (Å²) in [5.74, 6) is -0.400. The predicted octanol–water partition coefficient (Wildman–Crippen LogP) is 3.12. The minimum absolute atomic E-state index is 0.0429. The first-order valence-electron chi connectivity index (χ1n) is 6.49. The highest BCUT2D eigenvalue weighted by Crippen LogP contribution is 2.11. The molecule has 0 radical (unpaired) electrons. The van der Waals surface area contributed by atoms with Gasteiger partial charge in [-0.15, -0.1) is 0 Å². The first-order valence-corrected chi connectivity index (χ1v) is 6.49. The molecule has 2 N–H and O–H groups in total. The molecule has 1 amide bonds. The maximum atomic E-state index is 12.7. The molecule has 0 aliphatic heterocycles. The molecule has 2 aromatic rings. The zero-order valence-corrected chi connectivity index (χ0v) is 11.3. The van der Waals surface area contributed by atoms with E-state index in [0.717, 1.165) is 5.56 Å². The molecule has 0 saturated heterocycles. The molecular weight excluding hydrogens is 255 g/mol. The van der Waals surface area contributed by atoms with Crippen LogP contribution in [0.2, 0.25) is 0 Å². The van der Waals surface area contributed by atoms with Crippen molar-refractivity contribution in [2.24, 2.45) is 0 Å². The summed E-state index contributed by atoms with van der Waals surface area (Å²) in [5, 5.41) is 5.85. The summed E-state index contributed by atoms with van der Waals surface area (Å²) in [6.07, 6.45) is 0. The van der Waals surface area contributed by atoms with E-state index in [2.05, 4.69) is 10.6 Å². The van der Waals surface area contributed by atoms with Crippen molar-refractivity contribution in [1.29, 1.82) is 0 Å². The molecule has 104 valence electrons. The number of anilines is 1. The first-order chi connectivity index (χ1) is 9.65. The van der Waals surface area contributed by atoms with Crippen molar-refractivity contribution in [3.05, 3.63) is 66.0 Å². The number of amides is 1. The molecule has 0 aromatic heterocycles. The molecule has 20 heavy (non-hydrogen) atoms. The topological polar surface area (TPSA) is 41.1 Å². The van der Waals surface area contributed by atoms with Crippen LogP contribution in [-0.4, -0.2) is 12.5 Å². The van der Waals surface area contributed by atoms with Crippen molar-refractivity contribution < 1.29 is 9.18 Å². The Morgan fingerprint density at radius 1 is 1.10 bits per heavy atom. The summed E-state index contributed by atoms with van der Waals surface area (Å²) in [6.45, 7) is 2.09. The van der Waals surface area contributed by atoms with E-state index in [1.54, 1.807) is 12.1 Å². The normalized spacial score (nSPS) is 11.7. The molecule has 0 unspecified atom stereocenters. The average molecular weight is 272 g/mol. The highest BCUT2D eigenvalue weighted by atomic mass is 19.1. The lowest BCUT2D eigenvalue weighted by molar-refractivity contribution is -0.120. The third kappa shape index (κ3) is 4.09. The van der Waals surface area contributed by atoms with E-state index in [4.69, 9.17) is 0 Å². The van der Waals surface area contributed by atoms with Gasteiger partial charge in [0.15, 0.2) is 0 Å². The Kier molecular flexibility index (Phi) is 4.71. The van der Waals surface area contributed by atoms with E-state index in [1.807, 2.05) is 37.3 Å². The zero-order chi connectivity index (χ0) is 14.4. The van der Waals surface area contributed by atoms with Crippen molar-refractivity contribution in [2.45, 2.75) is 13.0 Å². The molecule has 0 saturated carbocycles. The van der Waals surface area contributed by atoms with Gasteiger partial charge in [0.2, 0.25) is 5.91 Å². The average Bonchev–Trinajstić information content (AvgIpc) is 2.47. The molecule has 2 aromatic carbocycles. The van der Waals surface area contributed by atoms with Crippen LogP contribution >= 0.6 is 0 Å². The van der Waals surface area contributed by atoms with Gasteiger partial charge in [-0.3, -0.25) is 4.79 Å². The highest BCUT2D eigenvalue weighted by molar-refractivity contribution is 5.81. The second-order valence-electron chi connectivity index (χ2n) is 4.56. The van der Waals surface area contributed by atoms with Gasteiger partial charge < -0.3 is 10.6 Å². The van der Waals surface area contributed by atoms with Gasteiger partial charge in [0.05, 0.1) is 12.6 Å². The Labute approximate surface area is 117 Å². The van der Waals surface area contributed by atoms with Gasteiger partial charge in [-0.25, -0.2) is 4.39 Å². The Morgan fingerprint density at radius 3 is 2.40 bits per heavy atom. The lowest BCUT2D eigenvalue weighted by Crippen LogP contribution is -2.32. The van der Waals surface area contributed by atoms with E-state index in [-0.39, 0.29) is 24.3 Å². The molecule has 2 rings (SSSR count). The number of carbonyl (C=O) groups is 1. The molecular formula is C16H17FN2O. The van der Waals surface area contributed by atoms with Crippen LogP contribution in [0.25, 0.3) is 0 Å². The van der Waals surface area contributed by atoms with Gasteiger partial charge in [-0.2, -0.15) is 0 Å². The van der Waals surface area contributed by atoms with E-state index >= 15 is 0 Å². The largest absolute Gasteiger partial charge is 0.376 e. The van der Waals surface area contributed by atoms with Crippen LogP contribution in [-0.2, 0) is 4.79 Å². The lowest BCUT2D eigenvalue weighted by atomic mass is 10.1. The van der Waals surface area contributed by atoms with Crippen LogP contribution in [0.1, 0.15) is 18.5 Å². The van der Waals surface area contributed by atoms with Crippen LogP contribution in [0.4, 0.5) is 10.1 Å². The minimum Gasteiger partial charge on any atom is -0.376 e. The number of hydrogen-bond acceptors (Lipinski definition) is 2. The molecule has 3 nitrogen and oxygen atoms in total. The highest BCUT2D eigenvalue weighted by Gasteiger charge is 2.08. The second kappa shape index (κ2) is 6.70. The molecule has 0 fully saturated rings. The van der Waals surface area contributed by atoms with Gasteiger partial charge >= 0.3 is 0 Å². The molecule has 1 atom stereocenters. The summed E-state index contributed by atoms with van der Waals surface area (Å²) < 4.78 is 12.7. The lowest BCUT2D eigenvalue weighted by Gasteiger charge is -2.15. The third-order valence-electron chi connectivity index (χ3n) is 2.97. The maximum absolute atomic E-state index is 12.7. The van der Waals surface area contributed by atoms with Crippen LogP contribution < -0.4 is 10.6 Å². The summed E-state index contributed by atoms with van der Waals surface area (Å²) in [7, 11) is 0. The number of carbonyl (C=O) groups excluding carboxylic acids is 1. The number of hydrogen-bond donors (Lipinski definition) is 2. The summed E-state index contributed by atoms with van der Waals surface area (Å²) in [4.78, 5) is 11.8. The Bertz CT molecular complexity index is 554. The number of rotatable bonds is 5. The van der Waals surface area contributed by atoms with E-state index in [9.17, 15) is 9.18 Å². The molecule has 4 heteroatoms. The first kappa shape index (κ1) is 14.1. The minimum atomic E-state index is -0.294. The predicted molar refractivity (Wildman–Crippen MR) is 77.9 cm³/mol. The molecule has 0 spiro atoms. The van der Waals surface area contributed by atoms with Crippen LogP contribution in [0.5, 0.6) is 0 Å². The van der Waals surface area contributed by atoms with Crippen LogP contribution in [0.15, 0.2) is 54.6 Å². The van der Waals surface area contributed by atoms with E-state index in [1.165, 1.54) is 12.1 Å². The summed E-state index contributed by atoms with van der Waals surface area (Å²) >= 11 is 0. The maximum Gasteiger partial charge on any atom is 0.239 e. The van der Waals surface area contributed by atoms with Crippen molar-refractivity contribution in [1.82, 2.24) is 5.32 Å². The Balaban J connectivity index is 1.82. The smallest absolute Gasteiger partial charge is 0.239 e. The van der Waals surface area contributed by atoms with Gasteiger partial charge in [0.25, 0.3) is 0 Å². The fraction of sp³-hybridized carbons (Fsp3) is 0.188. The van der Waals surface area contributed by atoms with Gasteiger partial charge in [-0.05, 0) is 36.8 Å². The SMILES string of the molecule is C[C@@H](NC(=O)CNc1ccc(F)cc1)c1ccccc1. The van der Waals surface area contributed by atoms with Crippen molar-refractivity contribution in [3.8, 4) is 0 Å². The van der Waals surface area contributed by atoms with Gasteiger partial charge in [-0.1, -0.05) is 30.3 Å². The van der Waals surface area contributed by atoms with Gasteiger partial charge in [0.1, 0.15) is 5.82 Å². The summed E-state index contributed by atoms with van der Waals surface area (Å²) in [5.41, 5.74) is 1.77. The summed E-state index contributed by atoms with van der Waals surface area (Å²) in [6, 6.07) is 15.6. The molecule has 0 aliphatic rings. The van der Waals surface area contributed by atoms with Crippen molar-refractivity contribution >= 4 is 11.6 Å². The number of nitrogens with one attached hydrogen (secondary N) is 2. The number of benzene rings is 2. The van der Waals surface area contributed by atoms with Gasteiger partial charge in [0, 0.05) is 5.69 Å².